The molecule has 0 radical (unpaired) electrons. The minimum atomic E-state index is -0.513. The Morgan fingerprint density at radius 1 is 1.35 bits per heavy atom. The van der Waals surface area contributed by atoms with E-state index in [4.69, 9.17) is 9.26 Å². The molecule has 1 unspecified atom stereocenters. The molecule has 26 heavy (non-hydrogen) atoms. The first-order valence-electron chi connectivity index (χ1n) is 8.62. The van der Waals surface area contributed by atoms with E-state index in [1.807, 2.05) is 24.3 Å². The summed E-state index contributed by atoms with van der Waals surface area (Å²) < 4.78 is 10.9. The molecule has 0 aliphatic carbocycles. The molecule has 8 heteroatoms. The molecule has 3 atom stereocenters. The fraction of sp³-hybridized carbons (Fsp3) is 0.444. The van der Waals surface area contributed by atoms with Crippen LogP contribution in [0.3, 0.4) is 0 Å². The zero-order valence-electron chi connectivity index (χ0n) is 14.6. The van der Waals surface area contributed by atoms with E-state index >= 15 is 0 Å². The van der Waals surface area contributed by atoms with Crippen molar-refractivity contribution in [2.45, 2.75) is 37.8 Å². The lowest BCUT2D eigenvalue weighted by Gasteiger charge is -2.31. The third kappa shape index (κ3) is 2.86. The van der Waals surface area contributed by atoms with Crippen molar-refractivity contribution < 1.29 is 18.8 Å². The Balaban J connectivity index is 1.55. The summed E-state index contributed by atoms with van der Waals surface area (Å²) in [5.41, 5.74) is 1.63. The molecule has 1 fully saturated rings. The van der Waals surface area contributed by atoms with Crippen LogP contribution in [0.4, 0.5) is 5.69 Å². The topological polar surface area (TPSA) is 97.6 Å². The Bertz CT molecular complexity index is 849. The fourth-order valence-electron chi connectivity index (χ4n) is 3.57. The van der Waals surface area contributed by atoms with Gasteiger partial charge in [0.2, 0.25) is 11.8 Å². The van der Waals surface area contributed by atoms with Gasteiger partial charge in [-0.15, -0.1) is 0 Å². The Hall–Kier alpha value is -2.74. The van der Waals surface area contributed by atoms with Crippen LogP contribution in [0.25, 0.3) is 0 Å². The van der Waals surface area contributed by atoms with Gasteiger partial charge in [0.15, 0.2) is 11.9 Å². The van der Waals surface area contributed by atoms with E-state index < -0.39 is 12.0 Å². The van der Waals surface area contributed by atoms with Gasteiger partial charge in [-0.25, -0.2) is 0 Å². The molecule has 2 amide bonds. The highest BCUT2D eigenvalue weighted by Gasteiger charge is 2.39. The number of aryl methyl sites for hydroxylation is 1. The highest BCUT2D eigenvalue weighted by Crippen LogP contribution is 2.36. The molecule has 2 aliphatic heterocycles. The average molecular weight is 356 g/mol. The van der Waals surface area contributed by atoms with Crippen molar-refractivity contribution in [3.05, 3.63) is 41.5 Å². The second kappa shape index (κ2) is 6.53. The normalized spacial score (nSPS) is 25.2. The largest absolute Gasteiger partial charge is 0.366 e. The van der Waals surface area contributed by atoms with Crippen molar-refractivity contribution in [1.82, 2.24) is 15.5 Å². The Kier molecular flexibility index (Phi) is 4.20. The number of hydrogen-bond donors (Lipinski definition) is 1. The molecule has 0 bridgehead atoms. The lowest BCUT2D eigenvalue weighted by molar-refractivity contribution is -0.128. The van der Waals surface area contributed by atoms with Crippen LogP contribution >= 0.6 is 0 Å². The number of para-hydroxylation sites is 1. The monoisotopic (exact) mass is 356 g/mol. The molecule has 2 aromatic rings. The molecule has 2 aliphatic rings. The molecule has 1 N–H and O–H groups in total. The molecule has 136 valence electrons. The Morgan fingerprint density at radius 2 is 2.15 bits per heavy atom. The molecule has 3 heterocycles. The number of aromatic nitrogens is 2. The third-order valence-electron chi connectivity index (χ3n) is 4.95. The van der Waals surface area contributed by atoms with E-state index in [0.717, 1.165) is 11.3 Å². The van der Waals surface area contributed by atoms with Gasteiger partial charge >= 0.3 is 0 Å². The molecular weight excluding hydrogens is 336 g/mol. The maximum absolute atomic E-state index is 12.9. The van der Waals surface area contributed by atoms with Crippen LogP contribution < -0.4 is 10.2 Å². The molecule has 8 nitrogen and oxygen atoms in total. The van der Waals surface area contributed by atoms with Gasteiger partial charge in [0.25, 0.3) is 5.89 Å². The molecule has 1 saturated heterocycles. The summed E-state index contributed by atoms with van der Waals surface area (Å²) in [4.78, 5) is 31.0. The summed E-state index contributed by atoms with van der Waals surface area (Å²) in [6.45, 7) is 2.23. The van der Waals surface area contributed by atoms with E-state index in [0.29, 0.717) is 24.7 Å². The maximum atomic E-state index is 12.9. The zero-order chi connectivity index (χ0) is 18.3. The lowest BCUT2D eigenvalue weighted by atomic mass is 9.88. The van der Waals surface area contributed by atoms with E-state index in [-0.39, 0.29) is 24.3 Å². The van der Waals surface area contributed by atoms with E-state index in [1.165, 1.54) is 0 Å². The highest BCUT2D eigenvalue weighted by atomic mass is 16.5. The van der Waals surface area contributed by atoms with Crippen molar-refractivity contribution in [2.24, 2.45) is 0 Å². The number of hydrogen-bond acceptors (Lipinski definition) is 6. The van der Waals surface area contributed by atoms with Crippen molar-refractivity contribution >= 4 is 17.5 Å². The Morgan fingerprint density at radius 3 is 2.92 bits per heavy atom. The van der Waals surface area contributed by atoms with Crippen LogP contribution in [0.15, 0.2) is 28.8 Å². The number of fused-ring (bicyclic) bond motifs is 1. The third-order valence-corrected chi connectivity index (χ3v) is 4.95. The van der Waals surface area contributed by atoms with Gasteiger partial charge in [-0.2, -0.15) is 4.98 Å². The number of amides is 2. The first-order valence-corrected chi connectivity index (χ1v) is 8.62. The van der Waals surface area contributed by atoms with E-state index in [2.05, 4.69) is 15.5 Å². The number of nitrogens with zero attached hydrogens (tertiary/aromatic N) is 3. The second-order valence-corrected chi connectivity index (χ2v) is 6.64. The summed E-state index contributed by atoms with van der Waals surface area (Å²) in [6.07, 6.45) is 0.342. The first-order chi connectivity index (χ1) is 12.5. The minimum absolute atomic E-state index is 0.0735. The van der Waals surface area contributed by atoms with Gasteiger partial charge in [0, 0.05) is 25.8 Å². The SMILES string of the molecule is Cc1noc([C@H]2OCC[C@H]2NC(=O)C2CC(=O)N(C)c3ccccc32)n1. The summed E-state index contributed by atoms with van der Waals surface area (Å²) in [5.74, 6) is 0.118. The van der Waals surface area contributed by atoms with Gasteiger partial charge in [0.05, 0.1) is 12.0 Å². The van der Waals surface area contributed by atoms with Crippen LogP contribution in [0, 0.1) is 6.92 Å². The first kappa shape index (κ1) is 16.7. The van der Waals surface area contributed by atoms with Crippen LogP contribution in [-0.2, 0) is 14.3 Å². The highest BCUT2D eigenvalue weighted by molar-refractivity contribution is 6.02. The van der Waals surface area contributed by atoms with Crippen LogP contribution in [-0.4, -0.2) is 41.7 Å². The predicted octanol–water partition coefficient (Wildman–Crippen LogP) is 1.47. The molecule has 0 spiro atoms. The summed E-state index contributed by atoms with van der Waals surface area (Å²) in [5, 5.41) is 6.80. The molecule has 1 aromatic heterocycles. The number of benzene rings is 1. The molecule has 0 saturated carbocycles. The predicted molar refractivity (Wildman–Crippen MR) is 91.5 cm³/mol. The van der Waals surface area contributed by atoms with Gasteiger partial charge < -0.3 is 19.5 Å². The fourth-order valence-corrected chi connectivity index (χ4v) is 3.57. The maximum Gasteiger partial charge on any atom is 0.257 e. The zero-order valence-corrected chi connectivity index (χ0v) is 14.6. The van der Waals surface area contributed by atoms with E-state index in [9.17, 15) is 9.59 Å². The van der Waals surface area contributed by atoms with Crippen LogP contribution in [0.1, 0.15) is 42.1 Å². The van der Waals surface area contributed by atoms with Crippen molar-refractivity contribution in [2.75, 3.05) is 18.6 Å². The number of nitrogens with one attached hydrogen (secondary N) is 1. The van der Waals surface area contributed by atoms with Crippen molar-refractivity contribution in [3.8, 4) is 0 Å². The number of carbonyl (C=O) groups is 2. The van der Waals surface area contributed by atoms with Gasteiger partial charge in [-0.3, -0.25) is 9.59 Å². The number of rotatable bonds is 3. The summed E-state index contributed by atoms with van der Waals surface area (Å²) in [7, 11) is 1.73. The standard InChI is InChI=1S/C18H20N4O4/c1-10-19-18(26-21-10)16-13(7-8-25-16)20-17(24)12-9-15(23)22(2)14-6-4-3-5-11(12)14/h3-6,12-13,16H,7-9H2,1-2H3,(H,20,24)/t12?,13-,16+/m1/s1. The summed E-state index contributed by atoms with van der Waals surface area (Å²) in [6, 6.07) is 7.24. The van der Waals surface area contributed by atoms with Crippen molar-refractivity contribution in [1.29, 1.82) is 0 Å². The smallest absolute Gasteiger partial charge is 0.257 e. The number of carbonyl (C=O) groups excluding carboxylic acids is 2. The van der Waals surface area contributed by atoms with Crippen LogP contribution in [0.2, 0.25) is 0 Å². The average Bonchev–Trinajstić information content (AvgIpc) is 3.26. The summed E-state index contributed by atoms with van der Waals surface area (Å²) >= 11 is 0. The molecular formula is C18H20N4O4. The second-order valence-electron chi connectivity index (χ2n) is 6.64. The Labute approximate surface area is 150 Å². The van der Waals surface area contributed by atoms with Gasteiger partial charge in [-0.1, -0.05) is 23.4 Å². The van der Waals surface area contributed by atoms with E-state index in [1.54, 1.807) is 18.9 Å². The van der Waals surface area contributed by atoms with Gasteiger partial charge in [-0.05, 0) is 25.0 Å². The quantitative estimate of drug-likeness (QED) is 0.894. The number of anilines is 1. The van der Waals surface area contributed by atoms with Crippen LogP contribution in [0.5, 0.6) is 0 Å². The molecule has 1 aromatic carbocycles. The lowest BCUT2D eigenvalue weighted by Crippen LogP contribution is -2.43. The minimum Gasteiger partial charge on any atom is -0.366 e. The van der Waals surface area contributed by atoms with Gasteiger partial charge in [0.1, 0.15) is 0 Å². The van der Waals surface area contributed by atoms with Crippen molar-refractivity contribution in [3.63, 3.8) is 0 Å². The number of ether oxygens (including phenoxy) is 1. The molecule has 4 rings (SSSR count).